The third-order valence-corrected chi connectivity index (χ3v) is 8.71. The normalized spacial score (nSPS) is 9.58. The van der Waals surface area contributed by atoms with Crippen molar-refractivity contribution in [3.8, 4) is 0 Å². The molecule has 2 aromatic rings. The predicted molar refractivity (Wildman–Crippen MR) is 145 cm³/mol. The molecule has 33 heavy (non-hydrogen) atoms. The third kappa shape index (κ3) is 21.2. The molecule has 2 rings (SSSR count). The van der Waals surface area contributed by atoms with Gasteiger partial charge in [0, 0.05) is 0 Å². The van der Waals surface area contributed by atoms with Gasteiger partial charge in [0.15, 0.2) is 0 Å². The Balaban J connectivity index is 0.000000472. The van der Waals surface area contributed by atoms with Crippen LogP contribution in [-0.4, -0.2) is 44.6 Å². The maximum Gasteiger partial charge on any atom is 0.315 e. The molecule has 0 aliphatic rings. The third-order valence-electron chi connectivity index (χ3n) is 4.16. The Kier molecular flexibility index (Phi) is 23.2. The first kappa shape index (κ1) is 31.9. The molecule has 0 amide bonds. The summed E-state index contributed by atoms with van der Waals surface area (Å²) in [6, 6.07) is 19.1. The van der Waals surface area contributed by atoms with Crippen molar-refractivity contribution in [1.82, 2.24) is 0 Å². The van der Waals surface area contributed by atoms with E-state index in [1.807, 2.05) is 60.7 Å². The van der Waals surface area contributed by atoms with Crippen LogP contribution in [0.3, 0.4) is 0 Å². The molecule has 0 spiro atoms. The molecule has 0 saturated heterocycles. The topological polar surface area (TPSA) is 52.6 Å². The van der Waals surface area contributed by atoms with Crippen molar-refractivity contribution in [2.75, 3.05) is 11.5 Å². The second kappa shape index (κ2) is 24.0. The quantitative estimate of drug-likeness (QED) is 0.128. The van der Waals surface area contributed by atoms with Crippen LogP contribution in [-0.2, 0) is 32.3 Å². The molecule has 0 N–H and O–H groups in total. The minimum absolute atomic E-state index is 0.132. The number of carbonyl (C=O) groups is 2. The minimum atomic E-state index is -0.290. The van der Waals surface area contributed by atoms with Gasteiger partial charge in [0.05, 0.1) is 11.5 Å². The van der Waals surface area contributed by atoms with Gasteiger partial charge >= 0.3 is 81.5 Å². The zero-order chi connectivity index (χ0) is 24.6. The van der Waals surface area contributed by atoms with Gasteiger partial charge in [-0.2, -0.15) is 25.3 Å². The first-order chi connectivity index (χ1) is 16.1. The van der Waals surface area contributed by atoms with Crippen LogP contribution in [0.25, 0.3) is 0 Å². The summed E-state index contributed by atoms with van der Waals surface area (Å²) in [5.74, 6) is -0.316. The Hall–Kier alpha value is -1.12. The van der Waals surface area contributed by atoms with Gasteiger partial charge in [-0.15, -0.1) is 0 Å². The Morgan fingerprint density at radius 1 is 0.697 bits per heavy atom. The number of hydrogen-bond acceptors (Lipinski definition) is 6. The average Bonchev–Trinajstić information content (AvgIpc) is 2.87. The number of esters is 2. The zero-order valence-electron chi connectivity index (χ0n) is 19.9. The summed E-state index contributed by atoms with van der Waals surface area (Å²) in [5.41, 5.74) is 1.99. The summed E-state index contributed by atoms with van der Waals surface area (Å²) in [5, 5.41) is 0. The smallest absolute Gasteiger partial charge is 0.315 e. The van der Waals surface area contributed by atoms with Crippen LogP contribution < -0.4 is 0 Å². The van der Waals surface area contributed by atoms with Gasteiger partial charge in [-0.1, -0.05) is 60.7 Å². The van der Waals surface area contributed by atoms with E-state index in [0.717, 1.165) is 11.1 Å². The first-order valence-corrected chi connectivity index (χ1v) is 16.7. The molecule has 0 atom stereocenters. The summed E-state index contributed by atoms with van der Waals surface area (Å²) in [6.45, 7) is 5.25. The summed E-state index contributed by atoms with van der Waals surface area (Å²) >= 11 is 7.72. The molecule has 7 heteroatoms. The Morgan fingerprint density at radius 3 is 1.36 bits per heavy atom. The van der Waals surface area contributed by atoms with E-state index >= 15 is 0 Å². The Bertz CT molecular complexity index is 653. The fraction of sp³-hybridized carbons (Fsp3) is 0.462. The summed E-state index contributed by atoms with van der Waals surface area (Å²) in [4.78, 5) is 21.4. The van der Waals surface area contributed by atoms with Gasteiger partial charge in [-0.25, -0.2) is 0 Å². The van der Waals surface area contributed by atoms with Crippen molar-refractivity contribution < 1.29 is 19.1 Å². The molecule has 0 aliphatic heterocycles. The van der Waals surface area contributed by atoms with Crippen LogP contribution in [0.2, 0.25) is 8.87 Å². The van der Waals surface area contributed by atoms with Crippen LogP contribution in [0.5, 0.6) is 0 Å². The van der Waals surface area contributed by atoms with Gasteiger partial charge in [0.2, 0.25) is 0 Å². The molecule has 182 valence electrons. The van der Waals surface area contributed by atoms with Crippen LogP contribution in [0.4, 0.5) is 0 Å². The van der Waals surface area contributed by atoms with Crippen molar-refractivity contribution in [1.29, 1.82) is 0 Å². The van der Waals surface area contributed by atoms with Crippen LogP contribution in [0.15, 0.2) is 60.7 Å². The number of rotatable bonds is 12. The molecule has 0 unspecified atom stereocenters. The molecule has 4 nitrogen and oxygen atoms in total. The summed E-state index contributed by atoms with van der Waals surface area (Å²) in [7, 11) is 0. The van der Waals surface area contributed by atoms with Gasteiger partial charge in [-0.3, -0.25) is 9.59 Å². The molecule has 0 fully saturated rings. The van der Waals surface area contributed by atoms with E-state index in [4.69, 9.17) is 9.47 Å². The zero-order valence-corrected chi connectivity index (χ0v) is 24.5. The van der Waals surface area contributed by atoms with Gasteiger partial charge in [-0.05, 0) is 11.1 Å². The molecule has 2 aromatic carbocycles. The number of carbonyl (C=O) groups excluding carboxylic acids is 2. The molecule has 0 heterocycles. The van der Waals surface area contributed by atoms with E-state index in [1.165, 1.54) is 25.7 Å². The number of hydrogen-bond donors (Lipinski definition) is 2. The van der Waals surface area contributed by atoms with E-state index in [1.54, 1.807) is 8.87 Å². The molecule has 2 radical (unpaired) electrons. The fourth-order valence-electron chi connectivity index (χ4n) is 2.30. The van der Waals surface area contributed by atoms with E-state index in [-0.39, 0.29) is 44.6 Å². The largest absolute Gasteiger partial charge is 0.460 e. The van der Waals surface area contributed by atoms with Gasteiger partial charge < -0.3 is 9.47 Å². The van der Waals surface area contributed by atoms with Gasteiger partial charge in [0.25, 0.3) is 0 Å². The predicted octanol–water partition coefficient (Wildman–Crippen LogP) is 6.45. The van der Waals surface area contributed by atoms with E-state index in [0.29, 0.717) is 13.2 Å². The SMILES string of the molecule is CCC[CH2][Sn][CH2]CCC.O=C(CS)OCc1ccccc1.O=C(CS)OCc1ccccc1. The van der Waals surface area contributed by atoms with Crippen LogP contribution >= 0.6 is 25.3 Å². The van der Waals surface area contributed by atoms with Crippen LogP contribution in [0, 0.1) is 0 Å². The monoisotopic (exact) mass is 598 g/mol. The molecular formula is C26H38O4S2Sn. The Morgan fingerprint density at radius 2 is 1.06 bits per heavy atom. The Labute approximate surface area is 221 Å². The van der Waals surface area contributed by atoms with Crippen molar-refractivity contribution >= 4 is 58.3 Å². The van der Waals surface area contributed by atoms with Crippen LogP contribution in [0.1, 0.15) is 50.7 Å². The maximum atomic E-state index is 10.7. The molecular weight excluding hydrogens is 559 g/mol. The standard InChI is InChI=1S/2C9H10O2S.2C4H9.Sn/c2*10-9(7-12)11-6-8-4-2-1-3-5-8;2*1-3-4-2;/h2*1-5,12H,6-7H2;2*1,3-4H2,2H3;. The number of thiol groups is 2. The average molecular weight is 597 g/mol. The molecule has 0 aliphatic carbocycles. The molecule has 0 aromatic heterocycles. The second-order valence-electron chi connectivity index (χ2n) is 7.07. The summed E-state index contributed by atoms with van der Waals surface area (Å²) < 4.78 is 13.0. The second-order valence-corrected chi connectivity index (χ2v) is 12.0. The first-order valence-electron chi connectivity index (χ1n) is 11.4. The number of benzene rings is 2. The van der Waals surface area contributed by atoms with Crippen molar-refractivity contribution in [3.63, 3.8) is 0 Å². The molecule has 0 bridgehead atoms. The number of unbranched alkanes of at least 4 members (excludes halogenated alkanes) is 2. The molecule has 0 saturated carbocycles. The minimum Gasteiger partial charge on any atom is -0.460 e. The van der Waals surface area contributed by atoms with Crippen molar-refractivity contribution in [2.45, 2.75) is 61.6 Å². The summed E-state index contributed by atoms with van der Waals surface area (Å²) in [6.07, 6.45) is 5.84. The van der Waals surface area contributed by atoms with Gasteiger partial charge in [0.1, 0.15) is 13.2 Å². The van der Waals surface area contributed by atoms with Crippen molar-refractivity contribution in [2.24, 2.45) is 0 Å². The van der Waals surface area contributed by atoms with E-state index in [9.17, 15) is 9.59 Å². The number of ether oxygens (including phenoxy) is 2. The van der Waals surface area contributed by atoms with E-state index in [2.05, 4.69) is 39.1 Å². The van der Waals surface area contributed by atoms with E-state index < -0.39 is 0 Å². The fourth-order valence-corrected chi connectivity index (χ4v) is 6.64. The maximum absolute atomic E-state index is 10.7. The van der Waals surface area contributed by atoms with Crippen molar-refractivity contribution in [3.05, 3.63) is 71.8 Å².